The van der Waals surface area contributed by atoms with E-state index in [1.165, 1.54) is 70.6 Å². The quantitative estimate of drug-likeness (QED) is 0.0204. The van der Waals surface area contributed by atoms with Gasteiger partial charge in [0, 0.05) is 19.3 Å². The van der Waals surface area contributed by atoms with Crippen molar-refractivity contribution >= 4 is 17.9 Å². The van der Waals surface area contributed by atoms with Crippen LogP contribution in [0.3, 0.4) is 0 Å². The van der Waals surface area contributed by atoms with Crippen molar-refractivity contribution in [2.45, 2.75) is 213 Å². The highest BCUT2D eigenvalue weighted by Gasteiger charge is 2.19. The van der Waals surface area contributed by atoms with Gasteiger partial charge in [0.05, 0.1) is 0 Å². The lowest BCUT2D eigenvalue weighted by Crippen LogP contribution is -2.30. The molecule has 0 saturated heterocycles. The van der Waals surface area contributed by atoms with Gasteiger partial charge in [0.2, 0.25) is 0 Å². The highest BCUT2D eigenvalue weighted by molar-refractivity contribution is 5.71. The second-order valence-electron chi connectivity index (χ2n) is 14.6. The molecule has 0 radical (unpaired) electrons. The summed E-state index contributed by atoms with van der Waals surface area (Å²) in [6, 6.07) is 0. The smallest absolute Gasteiger partial charge is 0.306 e. The SMILES string of the molecule is CC/C=C\C/C=C\CCCCCCCCCC(=O)OCC(COC(=O)CCCCCCC/C=C\CCCC)OC(=O)CCCCC/C=C\C=C/CCCC. The summed E-state index contributed by atoms with van der Waals surface area (Å²) in [4.78, 5) is 37.7. The van der Waals surface area contributed by atoms with Crippen LogP contribution in [0.15, 0.2) is 60.8 Å². The van der Waals surface area contributed by atoms with E-state index in [0.717, 1.165) is 96.3 Å². The van der Waals surface area contributed by atoms with Crippen molar-refractivity contribution < 1.29 is 28.6 Å². The molecular formula is C48H82O6. The van der Waals surface area contributed by atoms with Crippen molar-refractivity contribution in [2.75, 3.05) is 13.2 Å². The lowest BCUT2D eigenvalue weighted by molar-refractivity contribution is -0.167. The number of allylic oxidation sites excluding steroid dienone is 10. The summed E-state index contributed by atoms with van der Waals surface area (Å²) in [5.74, 6) is -0.944. The monoisotopic (exact) mass is 755 g/mol. The maximum atomic E-state index is 12.7. The summed E-state index contributed by atoms with van der Waals surface area (Å²) in [5, 5.41) is 0. The van der Waals surface area contributed by atoms with Crippen molar-refractivity contribution in [2.24, 2.45) is 0 Å². The largest absolute Gasteiger partial charge is 0.462 e. The normalized spacial score (nSPS) is 12.6. The lowest BCUT2D eigenvalue weighted by Gasteiger charge is -2.18. The second-order valence-corrected chi connectivity index (χ2v) is 14.6. The number of hydrogen-bond acceptors (Lipinski definition) is 6. The van der Waals surface area contributed by atoms with Crippen LogP contribution in [0.25, 0.3) is 0 Å². The molecule has 0 rings (SSSR count). The van der Waals surface area contributed by atoms with E-state index >= 15 is 0 Å². The van der Waals surface area contributed by atoms with Crippen LogP contribution < -0.4 is 0 Å². The molecule has 0 aliphatic rings. The molecule has 0 bridgehead atoms. The van der Waals surface area contributed by atoms with Crippen LogP contribution in [0.2, 0.25) is 0 Å². The number of esters is 3. The first-order valence-corrected chi connectivity index (χ1v) is 22.3. The molecule has 0 N–H and O–H groups in total. The number of carbonyl (C=O) groups is 3. The molecular weight excluding hydrogens is 673 g/mol. The van der Waals surface area contributed by atoms with E-state index in [4.69, 9.17) is 14.2 Å². The van der Waals surface area contributed by atoms with E-state index in [2.05, 4.69) is 81.5 Å². The molecule has 0 aliphatic carbocycles. The second kappa shape index (κ2) is 42.8. The van der Waals surface area contributed by atoms with E-state index in [1.807, 2.05) is 0 Å². The van der Waals surface area contributed by atoms with Crippen molar-refractivity contribution in [3.8, 4) is 0 Å². The molecule has 0 heterocycles. The molecule has 54 heavy (non-hydrogen) atoms. The van der Waals surface area contributed by atoms with E-state index in [0.29, 0.717) is 19.3 Å². The molecule has 0 aromatic rings. The lowest BCUT2D eigenvalue weighted by atomic mass is 10.1. The summed E-state index contributed by atoms with van der Waals surface area (Å²) in [6.45, 7) is 6.38. The number of rotatable bonds is 39. The van der Waals surface area contributed by atoms with Crippen molar-refractivity contribution in [1.29, 1.82) is 0 Å². The van der Waals surface area contributed by atoms with Crippen LogP contribution in [0.5, 0.6) is 0 Å². The fraction of sp³-hybridized carbons (Fsp3) is 0.729. The molecule has 0 fully saturated rings. The van der Waals surface area contributed by atoms with Gasteiger partial charge in [-0.2, -0.15) is 0 Å². The van der Waals surface area contributed by atoms with Gasteiger partial charge in [-0.3, -0.25) is 14.4 Å². The molecule has 310 valence electrons. The van der Waals surface area contributed by atoms with Crippen molar-refractivity contribution in [3.05, 3.63) is 60.8 Å². The van der Waals surface area contributed by atoms with Gasteiger partial charge in [-0.05, 0) is 83.5 Å². The molecule has 1 atom stereocenters. The Morgan fingerprint density at radius 2 is 0.778 bits per heavy atom. The van der Waals surface area contributed by atoms with Crippen LogP contribution in [-0.2, 0) is 28.6 Å². The predicted molar refractivity (Wildman–Crippen MR) is 228 cm³/mol. The zero-order chi connectivity index (χ0) is 39.4. The summed E-state index contributed by atoms with van der Waals surface area (Å²) < 4.78 is 16.6. The predicted octanol–water partition coefficient (Wildman–Crippen LogP) is 14.1. The highest BCUT2D eigenvalue weighted by Crippen LogP contribution is 2.13. The van der Waals surface area contributed by atoms with E-state index < -0.39 is 6.10 Å². The number of carbonyl (C=O) groups excluding carboxylic acids is 3. The third-order valence-corrected chi connectivity index (χ3v) is 9.25. The Hall–Kier alpha value is -2.89. The fourth-order valence-corrected chi connectivity index (χ4v) is 5.85. The van der Waals surface area contributed by atoms with Crippen LogP contribution in [0.1, 0.15) is 207 Å². The van der Waals surface area contributed by atoms with Gasteiger partial charge in [-0.15, -0.1) is 0 Å². The maximum absolute atomic E-state index is 12.7. The van der Waals surface area contributed by atoms with Gasteiger partial charge >= 0.3 is 17.9 Å². The number of hydrogen-bond donors (Lipinski definition) is 0. The minimum Gasteiger partial charge on any atom is -0.462 e. The van der Waals surface area contributed by atoms with Gasteiger partial charge in [-0.25, -0.2) is 0 Å². The summed E-state index contributed by atoms with van der Waals surface area (Å²) in [7, 11) is 0. The topological polar surface area (TPSA) is 78.9 Å². The summed E-state index contributed by atoms with van der Waals surface area (Å²) in [5.41, 5.74) is 0. The first-order valence-electron chi connectivity index (χ1n) is 22.3. The Morgan fingerprint density at radius 1 is 0.407 bits per heavy atom. The molecule has 6 heteroatoms. The van der Waals surface area contributed by atoms with Gasteiger partial charge in [-0.1, -0.05) is 165 Å². The molecule has 0 aliphatic heterocycles. The minimum absolute atomic E-state index is 0.0926. The molecule has 1 unspecified atom stereocenters. The Labute approximate surface area is 332 Å². The minimum atomic E-state index is -0.791. The third kappa shape index (κ3) is 40.3. The fourth-order valence-electron chi connectivity index (χ4n) is 5.85. The first-order chi connectivity index (χ1) is 26.5. The van der Waals surface area contributed by atoms with Gasteiger partial charge in [0.15, 0.2) is 6.10 Å². The number of ether oxygens (including phenoxy) is 3. The molecule has 0 spiro atoms. The molecule has 6 nitrogen and oxygen atoms in total. The first kappa shape index (κ1) is 51.1. The maximum Gasteiger partial charge on any atom is 0.306 e. The molecule has 0 aromatic heterocycles. The van der Waals surface area contributed by atoms with Crippen LogP contribution in [0, 0.1) is 0 Å². The Balaban J connectivity index is 4.43. The molecule has 0 amide bonds. The van der Waals surface area contributed by atoms with E-state index in [9.17, 15) is 14.4 Å². The standard InChI is InChI=1S/C48H82O6/c1-4-7-10-13-16-19-22-23-24-27-29-32-35-38-41-47(50)53-44-45(54-48(51)42-39-36-33-30-26-21-18-15-12-9-6-3)43-52-46(49)40-37-34-31-28-25-20-17-14-11-8-5-2/h7,10,14-19,21,26,45H,4-6,8-9,11-13,20,22-25,27-44H2,1-3H3/b10-7-,17-14-,18-15-,19-16-,26-21-. The van der Waals surface area contributed by atoms with E-state index in [1.54, 1.807) is 0 Å². The van der Waals surface area contributed by atoms with Crippen molar-refractivity contribution in [1.82, 2.24) is 0 Å². The summed E-state index contributed by atoms with van der Waals surface area (Å²) >= 11 is 0. The van der Waals surface area contributed by atoms with Crippen LogP contribution in [-0.4, -0.2) is 37.2 Å². The third-order valence-electron chi connectivity index (χ3n) is 9.25. The molecule has 0 aromatic carbocycles. The van der Waals surface area contributed by atoms with Crippen molar-refractivity contribution in [3.63, 3.8) is 0 Å². The zero-order valence-electron chi connectivity index (χ0n) is 35.2. The summed E-state index contributed by atoms with van der Waals surface area (Å²) in [6.07, 6.45) is 50.6. The van der Waals surface area contributed by atoms with Gasteiger partial charge in [0.1, 0.15) is 13.2 Å². The Bertz CT molecular complexity index is 1010. The Morgan fingerprint density at radius 3 is 1.28 bits per heavy atom. The Kier molecular flexibility index (Phi) is 40.6. The van der Waals surface area contributed by atoms with Crippen LogP contribution >= 0.6 is 0 Å². The van der Waals surface area contributed by atoms with Crippen LogP contribution in [0.4, 0.5) is 0 Å². The average molecular weight is 755 g/mol. The van der Waals surface area contributed by atoms with Gasteiger partial charge in [0.25, 0.3) is 0 Å². The zero-order valence-corrected chi connectivity index (χ0v) is 35.2. The average Bonchev–Trinajstić information content (AvgIpc) is 3.17. The molecule has 0 saturated carbocycles. The highest BCUT2D eigenvalue weighted by atomic mass is 16.6. The van der Waals surface area contributed by atoms with Gasteiger partial charge < -0.3 is 14.2 Å². The number of unbranched alkanes of at least 4 members (excludes halogenated alkanes) is 19. The van der Waals surface area contributed by atoms with E-state index in [-0.39, 0.29) is 31.1 Å².